The van der Waals surface area contributed by atoms with Crippen molar-refractivity contribution in [2.75, 3.05) is 16.5 Å². The average molecular weight is 767 g/mol. The highest BCUT2D eigenvalue weighted by atomic mass is 16.5. The van der Waals surface area contributed by atoms with Crippen molar-refractivity contribution in [3.8, 4) is 17.3 Å². The molecule has 7 aromatic rings. The van der Waals surface area contributed by atoms with Crippen molar-refractivity contribution in [2.24, 2.45) is 5.41 Å². The van der Waals surface area contributed by atoms with Gasteiger partial charge in [-0.3, -0.25) is 4.57 Å². The molecular weight excluding hydrogens is 709 g/mol. The van der Waals surface area contributed by atoms with Gasteiger partial charge in [0, 0.05) is 63.2 Å². The minimum atomic E-state index is -0.163. The van der Waals surface area contributed by atoms with E-state index in [4.69, 9.17) is 9.72 Å². The first-order valence-electron chi connectivity index (χ1n) is 20.6. The van der Waals surface area contributed by atoms with Crippen molar-refractivity contribution in [1.82, 2.24) is 9.55 Å². The Balaban J connectivity index is 1.14. The van der Waals surface area contributed by atoms with Crippen molar-refractivity contribution in [3.05, 3.63) is 168 Å². The van der Waals surface area contributed by atoms with Gasteiger partial charge in [0.05, 0.1) is 17.7 Å². The van der Waals surface area contributed by atoms with Crippen LogP contribution in [0.4, 0.5) is 11.4 Å². The molecule has 5 aromatic carbocycles. The van der Waals surface area contributed by atoms with Gasteiger partial charge in [-0.2, -0.15) is 0 Å². The van der Waals surface area contributed by atoms with Crippen molar-refractivity contribution >= 4 is 33.2 Å². The highest BCUT2D eigenvalue weighted by molar-refractivity contribution is 6.09. The lowest BCUT2D eigenvalue weighted by atomic mass is 9.75. The third-order valence-corrected chi connectivity index (χ3v) is 11.8. The van der Waals surface area contributed by atoms with Crippen molar-refractivity contribution < 1.29 is 4.74 Å². The Bertz CT molecular complexity index is 2660. The van der Waals surface area contributed by atoms with Gasteiger partial charge in [-0.15, -0.1) is 0 Å². The molecule has 296 valence electrons. The summed E-state index contributed by atoms with van der Waals surface area (Å²) in [5.41, 5.74) is 10.7. The fraction of sp³-hybridized carbons (Fsp3) is 0.302. The second kappa shape index (κ2) is 14.2. The summed E-state index contributed by atoms with van der Waals surface area (Å²) in [6, 6.07) is 45.9. The van der Waals surface area contributed by atoms with Crippen LogP contribution in [0.25, 0.3) is 27.6 Å². The number of pyridine rings is 1. The van der Waals surface area contributed by atoms with E-state index in [0.29, 0.717) is 6.67 Å². The van der Waals surface area contributed by atoms with Crippen LogP contribution in [-0.2, 0) is 16.2 Å². The molecule has 0 aliphatic carbocycles. The van der Waals surface area contributed by atoms with E-state index in [1.165, 1.54) is 44.4 Å². The van der Waals surface area contributed by atoms with Crippen LogP contribution in [0.5, 0.6) is 11.5 Å². The van der Waals surface area contributed by atoms with Gasteiger partial charge in [0.25, 0.3) is 0 Å². The molecule has 1 aliphatic heterocycles. The fourth-order valence-electron chi connectivity index (χ4n) is 8.17. The van der Waals surface area contributed by atoms with Crippen molar-refractivity contribution in [3.63, 3.8) is 0 Å². The van der Waals surface area contributed by atoms with Crippen LogP contribution in [-0.4, -0.2) is 16.2 Å². The van der Waals surface area contributed by atoms with Crippen LogP contribution in [0.1, 0.15) is 98.4 Å². The molecule has 0 fully saturated rings. The monoisotopic (exact) mass is 766 g/mol. The van der Waals surface area contributed by atoms with Gasteiger partial charge in [0.2, 0.25) is 0 Å². The summed E-state index contributed by atoms with van der Waals surface area (Å²) in [7, 11) is 0. The van der Waals surface area contributed by atoms with Crippen molar-refractivity contribution in [1.29, 1.82) is 0 Å². The second-order valence-corrected chi connectivity index (χ2v) is 19.6. The first-order chi connectivity index (χ1) is 27.4. The third kappa shape index (κ3) is 7.39. The Labute approximate surface area is 345 Å². The summed E-state index contributed by atoms with van der Waals surface area (Å²) in [4.78, 5) is 9.73. The van der Waals surface area contributed by atoms with Gasteiger partial charge in [-0.25, -0.2) is 4.98 Å². The molecule has 58 heavy (non-hydrogen) atoms. The van der Waals surface area contributed by atoms with Gasteiger partial charge in [-0.1, -0.05) is 137 Å². The molecule has 0 bridgehead atoms. The van der Waals surface area contributed by atoms with E-state index in [-0.39, 0.29) is 21.7 Å². The standard InChI is InChI=1S/C53H58N4O/c1-50(2,3)37-26-27-54-49(31-37)57-46-23-16-15-22-44(46)45-25-24-43(33-47(45)57)58-42-21-17-20-40(32-42)56-35-55(34-48(56)52(7,8)9)41-29-38(51(4,5)6)28-39(30-41)53(10,11)36-18-13-12-14-19-36/h12-34H,35H2,1-11H3. The summed E-state index contributed by atoms with van der Waals surface area (Å²) in [5, 5.41) is 2.36. The summed E-state index contributed by atoms with van der Waals surface area (Å²) in [6.45, 7) is 25.9. The molecule has 0 amide bonds. The molecule has 5 nitrogen and oxygen atoms in total. The first-order valence-corrected chi connectivity index (χ1v) is 20.6. The first kappa shape index (κ1) is 39.0. The SMILES string of the molecule is CC(C)(C)C1=CN(c2cc(C(C)(C)C)cc(C(C)(C)c3ccccc3)c2)CN1c1cccc(Oc2ccc3c4ccccc4n(-c4cc(C(C)(C)C)ccn4)c3c2)c1. The zero-order valence-corrected chi connectivity index (χ0v) is 36.2. The zero-order chi connectivity index (χ0) is 41.2. The van der Waals surface area contributed by atoms with Crippen LogP contribution in [0.15, 0.2) is 145 Å². The van der Waals surface area contributed by atoms with Gasteiger partial charge in [-0.05, 0) is 87.7 Å². The van der Waals surface area contributed by atoms with Gasteiger partial charge >= 0.3 is 0 Å². The summed E-state index contributed by atoms with van der Waals surface area (Å²) in [5.74, 6) is 2.48. The molecule has 0 N–H and O–H groups in total. The number of fused-ring (bicyclic) bond motifs is 3. The lowest BCUT2D eigenvalue weighted by Gasteiger charge is -2.32. The summed E-state index contributed by atoms with van der Waals surface area (Å²) >= 11 is 0. The van der Waals surface area contributed by atoms with E-state index in [1.807, 2.05) is 6.20 Å². The fourth-order valence-corrected chi connectivity index (χ4v) is 8.17. The minimum absolute atomic E-state index is 0.00282. The zero-order valence-electron chi connectivity index (χ0n) is 36.2. The lowest BCUT2D eigenvalue weighted by Crippen LogP contribution is -2.31. The number of ether oxygens (including phenoxy) is 1. The lowest BCUT2D eigenvalue weighted by molar-refractivity contribution is 0.481. The number of benzene rings is 5. The van der Waals surface area contributed by atoms with Crippen molar-refractivity contribution in [2.45, 2.75) is 92.4 Å². The van der Waals surface area contributed by atoms with E-state index in [1.54, 1.807) is 0 Å². The minimum Gasteiger partial charge on any atom is -0.457 e. The highest BCUT2D eigenvalue weighted by Gasteiger charge is 2.33. The second-order valence-electron chi connectivity index (χ2n) is 19.6. The van der Waals surface area contributed by atoms with Gasteiger partial charge in [0.15, 0.2) is 0 Å². The molecule has 8 rings (SSSR count). The summed E-state index contributed by atoms with van der Waals surface area (Å²) < 4.78 is 9.01. The van der Waals surface area contributed by atoms with Gasteiger partial charge in [0.1, 0.15) is 17.3 Å². The van der Waals surface area contributed by atoms with Crippen LogP contribution in [0.3, 0.4) is 0 Å². The molecule has 2 aromatic heterocycles. The number of para-hydroxylation sites is 1. The van der Waals surface area contributed by atoms with Crippen LogP contribution in [0, 0.1) is 5.41 Å². The van der Waals surface area contributed by atoms with Gasteiger partial charge < -0.3 is 14.5 Å². The van der Waals surface area contributed by atoms with E-state index in [9.17, 15) is 0 Å². The van der Waals surface area contributed by atoms with E-state index < -0.39 is 0 Å². The van der Waals surface area contributed by atoms with E-state index in [0.717, 1.165) is 34.0 Å². The third-order valence-electron chi connectivity index (χ3n) is 11.8. The number of hydrogen-bond acceptors (Lipinski definition) is 4. The maximum atomic E-state index is 6.74. The molecule has 0 saturated carbocycles. The molecule has 3 heterocycles. The highest BCUT2D eigenvalue weighted by Crippen LogP contribution is 2.43. The number of hydrogen-bond donors (Lipinski definition) is 0. The molecule has 5 heteroatoms. The van der Waals surface area contributed by atoms with Crippen LogP contribution in [0.2, 0.25) is 0 Å². The summed E-state index contributed by atoms with van der Waals surface area (Å²) in [6.07, 6.45) is 4.28. The number of nitrogens with zero attached hydrogens (tertiary/aromatic N) is 4. The van der Waals surface area contributed by atoms with Crippen LogP contribution < -0.4 is 14.5 Å². The number of rotatable bonds is 7. The molecule has 1 aliphatic rings. The molecular formula is C53H58N4O. The van der Waals surface area contributed by atoms with E-state index >= 15 is 0 Å². The Morgan fingerprint density at radius 3 is 1.90 bits per heavy atom. The molecule has 0 atom stereocenters. The predicted molar refractivity (Wildman–Crippen MR) is 245 cm³/mol. The Hall–Kier alpha value is -5.81. The van der Waals surface area contributed by atoms with E-state index in [2.05, 4.69) is 224 Å². The topological polar surface area (TPSA) is 33.5 Å². The largest absolute Gasteiger partial charge is 0.457 e. The molecule has 0 unspecified atom stereocenters. The number of anilines is 2. The Morgan fingerprint density at radius 1 is 0.500 bits per heavy atom. The molecule has 0 radical (unpaired) electrons. The normalized spacial score (nSPS) is 14.1. The number of allylic oxidation sites excluding steroid dienone is 1. The molecule has 0 saturated heterocycles. The Kier molecular flexibility index (Phi) is 9.58. The average Bonchev–Trinajstić information content (AvgIpc) is 3.79. The quantitative estimate of drug-likeness (QED) is 0.162. The Morgan fingerprint density at radius 2 is 1.17 bits per heavy atom. The predicted octanol–water partition coefficient (Wildman–Crippen LogP) is 14.1. The maximum Gasteiger partial charge on any atom is 0.137 e. The molecule has 0 spiro atoms. The maximum absolute atomic E-state index is 6.74. The van der Waals surface area contributed by atoms with Crippen LogP contribution >= 0.6 is 0 Å². The number of aromatic nitrogens is 2. The smallest absolute Gasteiger partial charge is 0.137 e.